The van der Waals surface area contributed by atoms with Crippen molar-refractivity contribution in [3.05, 3.63) is 42.5 Å². The number of carbonyl (C=O) groups excluding carboxylic acids is 1. The summed E-state index contributed by atoms with van der Waals surface area (Å²) in [5.41, 5.74) is 0.266. The molecule has 0 spiro atoms. The van der Waals surface area contributed by atoms with E-state index in [1.807, 2.05) is 0 Å². The van der Waals surface area contributed by atoms with Crippen LogP contribution in [0.4, 0.5) is 5.13 Å². The summed E-state index contributed by atoms with van der Waals surface area (Å²) in [5, 5.41) is 11.0. The molecule has 0 unspecified atom stereocenters. The zero-order chi connectivity index (χ0) is 20.1. The van der Waals surface area contributed by atoms with Crippen LogP contribution in [0.5, 0.6) is 0 Å². The highest BCUT2D eigenvalue weighted by Gasteiger charge is 2.28. The number of carbonyl (C=O) groups is 1. The first kappa shape index (κ1) is 21.0. The van der Waals surface area contributed by atoms with Gasteiger partial charge in [-0.1, -0.05) is 42.2 Å². The van der Waals surface area contributed by atoms with Crippen molar-refractivity contribution in [3.63, 3.8) is 0 Å². The van der Waals surface area contributed by atoms with E-state index < -0.39 is 15.9 Å². The Balaban J connectivity index is 1.72. The van der Waals surface area contributed by atoms with Crippen LogP contribution in [0.15, 0.2) is 46.2 Å². The number of rotatable bonds is 7. The number of anilines is 1. The van der Waals surface area contributed by atoms with Crippen molar-refractivity contribution in [2.45, 2.75) is 29.0 Å². The van der Waals surface area contributed by atoms with Crippen LogP contribution in [0.2, 0.25) is 0 Å². The molecular weight excluding hydrogens is 416 g/mol. The zero-order valence-corrected chi connectivity index (χ0v) is 17.9. The topological polar surface area (TPSA) is 92.3 Å². The van der Waals surface area contributed by atoms with E-state index in [0.717, 1.165) is 17.2 Å². The van der Waals surface area contributed by atoms with Gasteiger partial charge in [-0.25, -0.2) is 8.42 Å². The molecule has 0 radical (unpaired) electrons. The lowest BCUT2D eigenvalue weighted by atomic mass is 10.0. The van der Waals surface area contributed by atoms with Gasteiger partial charge in [-0.15, -0.1) is 16.8 Å². The fourth-order valence-corrected chi connectivity index (χ4v) is 5.81. The van der Waals surface area contributed by atoms with E-state index in [1.165, 1.54) is 39.5 Å². The minimum absolute atomic E-state index is 0.134. The van der Waals surface area contributed by atoms with Crippen LogP contribution in [0.1, 0.15) is 30.1 Å². The van der Waals surface area contributed by atoms with Gasteiger partial charge in [0.25, 0.3) is 5.91 Å². The Morgan fingerprint density at radius 1 is 1.39 bits per heavy atom. The summed E-state index contributed by atoms with van der Waals surface area (Å²) in [6.07, 6.45) is 3.46. The molecule has 10 heteroatoms. The molecule has 1 N–H and O–H groups in total. The Kier molecular flexibility index (Phi) is 6.86. The fraction of sp³-hybridized carbons (Fsp3) is 0.389. The summed E-state index contributed by atoms with van der Waals surface area (Å²) in [7, 11) is -3.61. The molecule has 1 saturated heterocycles. The number of hydrogen-bond donors (Lipinski definition) is 1. The predicted octanol–water partition coefficient (Wildman–Crippen LogP) is 3.49. The van der Waals surface area contributed by atoms with Crippen LogP contribution < -0.4 is 5.32 Å². The Morgan fingerprint density at radius 3 is 2.86 bits per heavy atom. The van der Waals surface area contributed by atoms with E-state index in [4.69, 9.17) is 0 Å². The molecular formula is C18H22N4O3S3. The molecule has 2 aromatic rings. The SMILES string of the molecule is C=CCSc1nnc(NC(=O)c2cccc(S(=O)(=O)N3CCC(C)CC3)c2)s1. The highest BCUT2D eigenvalue weighted by Crippen LogP contribution is 2.27. The van der Waals surface area contributed by atoms with Crippen LogP contribution in [0.3, 0.4) is 0 Å². The normalized spacial score (nSPS) is 16.0. The zero-order valence-electron chi connectivity index (χ0n) is 15.5. The van der Waals surface area contributed by atoms with Gasteiger partial charge in [0.15, 0.2) is 4.34 Å². The number of piperidine rings is 1. The average molecular weight is 439 g/mol. The highest BCUT2D eigenvalue weighted by molar-refractivity contribution is 8.01. The highest BCUT2D eigenvalue weighted by atomic mass is 32.2. The van der Waals surface area contributed by atoms with Crippen molar-refractivity contribution in [1.82, 2.24) is 14.5 Å². The van der Waals surface area contributed by atoms with Crippen LogP contribution in [-0.2, 0) is 10.0 Å². The van der Waals surface area contributed by atoms with E-state index in [-0.39, 0.29) is 10.5 Å². The molecule has 1 aromatic heterocycles. The lowest BCUT2D eigenvalue weighted by Crippen LogP contribution is -2.37. The van der Waals surface area contributed by atoms with Crippen molar-refractivity contribution in [1.29, 1.82) is 0 Å². The number of hydrogen-bond acceptors (Lipinski definition) is 7. The number of amides is 1. The molecule has 0 atom stereocenters. The minimum Gasteiger partial charge on any atom is -0.296 e. The van der Waals surface area contributed by atoms with Crippen molar-refractivity contribution in [2.75, 3.05) is 24.2 Å². The molecule has 0 bridgehead atoms. The smallest absolute Gasteiger partial charge is 0.257 e. The molecule has 1 aliphatic heterocycles. The fourth-order valence-electron chi connectivity index (χ4n) is 2.79. The summed E-state index contributed by atoms with van der Waals surface area (Å²) in [6.45, 7) is 6.80. The third-order valence-corrected chi connectivity index (χ3v) is 8.29. The summed E-state index contributed by atoms with van der Waals surface area (Å²) >= 11 is 2.74. The van der Waals surface area contributed by atoms with E-state index in [1.54, 1.807) is 18.2 Å². The largest absolute Gasteiger partial charge is 0.296 e. The number of thioether (sulfide) groups is 1. The first-order valence-electron chi connectivity index (χ1n) is 8.89. The molecule has 1 amide bonds. The van der Waals surface area contributed by atoms with Crippen LogP contribution >= 0.6 is 23.1 Å². The third-order valence-electron chi connectivity index (χ3n) is 4.43. The minimum atomic E-state index is -3.61. The van der Waals surface area contributed by atoms with Crippen LogP contribution in [0.25, 0.3) is 0 Å². The lowest BCUT2D eigenvalue weighted by molar-refractivity contribution is 0.102. The second kappa shape index (κ2) is 9.17. The maximum atomic E-state index is 12.9. The molecule has 0 aliphatic carbocycles. The molecule has 150 valence electrons. The van der Waals surface area contributed by atoms with Gasteiger partial charge in [-0.2, -0.15) is 4.31 Å². The number of aromatic nitrogens is 2. The number of nitrogens with one attached hydrogen (secondary N) is 1. The molecule has 28 heavy (non-hydrogen) atoms. The Labute approximate surface area is 173 Å². The van der Waals surface area contributed by atoms with Crippen LogP contribution in [0, 0.1) is 5.92 Å². The quantitative estimate of drug-likeness (QED) is 0.404. The predicted molar refractivity (Wildman–Crippen MR) is 112 cm³/mol. The summed E-state index contributed by atoms with van der Waals surface area (Å²) in [5.74, 6) is 0.823. The Bertz CT molecular complexity index is 950. The number of nitrogens with zero attached hydrogens (tertiary/aromatic N) is 3. The Hall–Kier alpha value is -1.75. The van der Waals surface area contributed by atoms with Crippen LogP contribution in [-0.4, -0.2) is 47.7 Å². The van der Waals surface area contributed by atoms with Gasteiger partial charge in [-0.05, 0) is 37.0 Å². The average Bonchev–Trinajstić information content (AvgIpc) is 3.14. The lowest BCUT2D eigenvalue weighted by Gasteiger charge is -2.29. The summed E-state index contributed by atoms with van der Waals surface area (Å²) < 4.78 is 28.0. The molecule has 1 fully saturated rings. The van der Waals surface area contributed by atoms with Crippen molar-refractivity contribution in [2.24, 2.45) is 5.92 Å². The monoisotopic (exact) mass is 438 g/mol. The van der Waals surface area contributed by atoms with Gasteiger partial charge < -0.3 is 0 Å². The first-order chi connectivity index (χ1) is 13.4. The maximum Gasteiger partial charge on any atom is 0.257 e. The van der Waals surface area contributed by atoms with E-state index in [0.29, 0.717) is 29.9 Å². The second-order valence-corrected chi connectivity index (χ2v) is 10.7. The summed E-state index contributed by atoms with van der Waals surface area (Å²) in [6, 6.07) is 6.11. The van der Waals surface area contributed by atoms with Gasteiger partial charge in [0.1, 0.15) is 0 Å². The molecule has 0 saturated carbocycles. The maximum absolute atomic E-state index is 12.9. The molecule has 1 aliphatic rings. The number of benzene rings is 1. The van der Waals surface area contributed by atoms with Gasteiger partial charge in [0.2, 0.25) is 15.2 Å². The van der Waals surface area contributed by atoms with Gasteiger partial charge in [0, 0.05) is 24.4 Å². The van der Waals surface area contributed by atoms with E-state index >= 15 is 0 Å². The Morgan fingerprint density at radius 2 is 2.14 bits per heavy atom. The molecule has 2 heterocycles. The van der Waals surface area contributed by atoms with Crippen molar-refractivity contribution >= 4 is 44.2 Å². The standard InChI is InChI=1S/C18H22N4O3S3/c1-3-11-26-18-21-20-17(27-18)19-16(23)14-5-4-6-15(12-14)28(24,25)22-9-7-13(2)8-10-22/h3-6,12-13H,1,7-11H2,2H3,(H,19,20,23). The van der Waals surface area contributed by atoms with Crippen molar-refractivity contribution < 1.29 is 13.2 Å². The van der Waals surface area contributed by atoms with Gasteiger partial charge in [0.05, 0.1) is 4.90 Å². The van der Waals surface area contributed by atoms with Gasteiger partial charge in [-0.3, -0.25) is 10.1 Å². The molecule has 1 aromatic carbocycles. The number of sulfonamides is 1. The molecule has 3 rings (SSSR count). The van der Waals surface area contributed by atoms with E-state index in [2.05, 4.69) is 29.0 Å². The third kappa shape index (κ3) is 4.99. The second-order valence-electron chi connectivity index (χ2n) is 6.54. The van der Waals surface area contributed by atoms with Gasteiger partial charge >= 0.3 is 0 Å². The van der Waals surface area contributed by atoms with Crippen molar-refractivity contribution in [3.8, 4) is 0 Å². The first-order valence-corrected chi connectivity index (χ1v) is 12.1. The van der Waals surface area contributed by atoms with E-state index in [9.17, 15) is 13.2 Å². The summed E-state index contributed by atoms with van der Waals surface area (Å²) in [4.78, 5) is 12.7. The molecule has 7 nitrogen and oxygen atoms in total.